The number of carbonyl (C=O) groups is 2. The molecule has 160 valence electrons. The highest BCUT2D eigenvalue weighted by molar-refractivity contribution is 5.95. The Morgan fingerprint density at radius 2 is 1.50 bits per heavy atom. The number of ether oxygens (including phenoxy) is 3. The summed E-state index contributed by atoms with van der Waals surface area (Å²) in [5.74, 6) is -1.59. The van der Waals surface area contributed by atoms with Crippen LogP contribution in [-0.4, -0.2) is 25.3 Å². The summed E-state index contributed by atoms with van der Waals surface area (Å²) in [6, 6.07) is 4.69. The molecular formula is C18H11F6NO5. The van der Waals surface area contributed by atoms with E-state index < -0.39 is 47.5 Å². The van der Waals surface area contributed by atoms with Crippen LogP contribution in [0.2, 0.25) is 0 Å². The molecule has 2 aromatic carbocycles. The number of hydrogen-bond acceptors (Lipinski definition) is 5. The Kier molecular flexibility index (Phi) is 5.51. The van der Waals surface area contributed by atoms with Crippen LogP contribution in [-0.2, 0) is 21.9 Å². The first-order valence-electron chi connectivity index (χ1n) is 8.09. The summed E-state index contributed by atoms with van der Waals surface area (Å²) in [6.07, 6.45) is -10.2. The van der Waals surface area contributed by atoms with Gasteiger partial charge in [-0.15, -0.1) is 0 Å². The fourth-order valence-corrected chi connectivity index (χ4v) is 2.46. The number of carbonyl (C=O) groups excluding carboxylic acids is 2. The lowest BCUT2D eigenvalue weighted by Crippen LogP contribution is -2.21. The van der Waals surface area contributed by atoms with Gasteiger partial charge in [0.2, 0.25) is 6.79 Å². The highest BCUT2D eigenvalue weighted by Gasteiger charge is 2.37. The van der Waals surface area contributed by atoms with E-state index in [-0.39, 0.29) is 30.7 Å². The molecule has 0 saturated heterocycles. The smallest absolute Gasteiger partial charge is 0.416 e. The first-order valence-corrected chi connectivity index (χ1v) is 8.09. The van der Waals surface area contributed by atoms with Gasteiger partial charge in [0.05, 0.1) is 16.7 Å². The van der Waals surface area contributed by atoms with E-state index >= 15 is 0 Å². The van der Waals surface area contributed by atoms with Gasteiger partial charge in [0.15, 0.2) is 18.1 Å². The van der Waals surface area contributed by atoms with E-state index in [0.717, 1.165) is 0 Å². The van der Waals surface area contributed by atoms with Crippen LogP contribution in [0.5, 0.6) is 11.5 Å². The van der Waals surface area contributed by atoms with Crippen molar-refractivity contribution in [2.45, 2.75) is 12.4 Å². The van der Waals surface area contributed by atoms with Crippen molar-refractivity contribution in [3.8, 4) is 11.5 Å². The summed E-state index contributed by atoms with van der Waals surface area (Å²) in [5, 5.41) is 2.34. The molecule has 1 heterocycles. The van der Waals surface area contributed by atoms with Crippen molar-refractivity contribution in [2.75, 3.05) is 18.7 Å². The van der Waals surface area contributed by atoms with E-state index in [9.17, 15) is 35.9 Å². The summed E-state index contributed by atoms with van der Waals surface area (Å²) in [6.45, 7) is -0.938. The molecule has 12 heteroatoms. The summed E-state index contributed by atoms with van der Waals surface area (Å²) in [4.78, 5) is 23.8. The minimum Gasteiger partial charge on any atom is -0.454 e. The number of hydrogen-bond donors (Lipinski definition) is 1. The fourth-order valence-electron chi connectivity index (χ4n) is 2.46. The van der Waals surface area contributed by atoms with Gasteiger partial charge < -0.3 is 19.5 Å². The van der Waals surface area contributed by atoms with Gasteiger partial charge in [0.25, 0.3) is 5.91 Å². The number of halogens is 6. The topological polar surface area (TPSA) is 73.9 Å². The third-order valence-corrected chi connectivity index (χ3v) is 3.81. The van der Waals surface area contributed by atoms with Crippen LogP contribution in [0.3, 0.4) is 0 Å². The molecule has 0 aromatic heterocycles. The van der Waals surface area contributed by atoms with E-state index in [1.807, 2.05) is 0 Å². The lowest BCUT2D eigenvalue weighted by atomic mass is 10.0. The molecule has 0 spiro atoms. The molecule has 1 aliphatic rings. The van der Waals surface area contributed by atoms with Gasteiger partial charge in [-0.25, -0.2) is 4.79 Å². The Balaban J connectivity index is 1.68. The van der Waals surface area contributed by atoms with Crippen molar-refractivity contribution < 1.29 is 50.1 Å². The van der Waals surface area contributed by atoms with Crippen molar-refractivity contribution >= 4 is 17.6 Å². The summed E-state index contributed by atoms with van der Waals surface area (Å²) < 4.78 is 91.8. The molecule has 1 aliphatic heterocycles. The van der Waals surface area contributed by atoms with Crippen LogP contribution in [0, 0.1) is 0 Å². The van der Waals surface area contributed by atoms with Gasteiger partial charge in [-0.2, -0.15) is 26.3 Å². The fraction of sp³-hybridized carbons (Fsp3) is 0.222. The van der Waals surface area contributed by atoms with E-state index in [1.54, 1.807) is 0 Å². The molecule has 1 N–H and O–H groups in total. The molecule has 0 atom stereocenters. The first kappa shape index (κ1) is 21.3. The maximum atomic E-state index is 12.8. The highest BCUT2D eigenvalue weighted by Crippen LogP contribution is 2.36. The summed E-state index contributed by atoms with van der Waals surface area (Å²) in [7, 11) is 0. The Hall–Kier alpha value is -3.44. The zero-order chi connectivity index (χ0) is 22.1. The lowest BCUT2D eigenvalue weighted by Gasteiger charge is -2.14. The van der Waals surface area contributed by atoms with Gasteiger partial charge in [0, 0.05) is 11.8 Å². The Bertz CT molecular complexity index is 954. The maximum Gasteiger partial charge on any atom is 0.416 e. The number of amides is 1. The molecule has 6 nitrogen and oxygen atoms in total. The van der Waals surface area contributed by atoms with Gasteiger partial charge in [-0.1, -0.05) is 0 Å². The molecule has 0 unspecified atom stereocenters. The Labute approximate surface area is 164 Å². The average molecular weight is 435 g/mol. The van der Waals surface area contributed by atoms with Crippen molar-refractivity contribution in [3.05, 3.63) is 53.1 Å². The standard InChI is InChI=1S/C18H11F6NO5/c19-17(20,21)10-3-9(4-11(5-10)18(22,23)24)16(27)28-7-15(26)25-12-1-2-13-14(6-12)30-8-29-13/h1-6H,7-8H2,(H,25,26). The van der Waals surface area contributed by atoms with E-state index in [0.29, 0.717) is 11.5 Å². The number of nitrogens with one attached hydrogen (secondary N) is 1. The zero-order valence-corrected chi connectivity index (χ0v) is 14.7. The van der Waals surface area contributed by atoms with Gasteiger partial charge in [-0.05, 0) is 30.3 Å². The number of fused-ring (bicyclic) bond motifs is 1. The van der Waals surface area contributed by atoms with Crippen LogP contribution in [0.1, 0.15) is 21.5 Å². The van der Waals surface area contributed by atoms with Crippen LogP contribution in [0.15, 0.2) is 36.4 Å². The predicted octanol–water partition coefficient (Wildman–Crippen LogP) is 4.25. The van der Waals surface area contributed by atoms with Crippen molar-refractivity contribution in [1.82, 2.24) is 0 Å². The monoisotopic (exact) mass is 435 g/mol. The minimum atomic E-state index is -5.12. The first-order chi connectivity index (χ1) is 13.9. The highest BCUT2D eigenvalue weighted by atomic mass is 19.4. The maximum absolute atomic E-state index is 12.8. The summed E-state index contributed by atoms with van der Waals surface area (Å²) in [5.41, 5.74) is -4.09. The third kappa shape index (κ3) is 4.93. The van der Waals surface area contributed by atoms with E-state index in [4.69, 9.17) is 9.47 Å². The predicted molar refractivity (Wildman–Crippen MR) is 87.9 cm³/mol. The Morgan fingerprint density at radius 1 is 0.900 bits per heavy atom. The number of esters is 1. The molecule has 30 heavy (non-hydrogen) atoms. The van der Waals surface area contributed by atoms with Crippen LogP contribution < -0.4 is 14.8 Å². The lowest BCUT2D eigenvalue weighted by molar-refractivity contribution is -0.143. The second-order valence-corrected chi connectivity index (χ2v) is 5.99. The second-order valence-electron chi connectivity index (χ2n) is 5.99. The quantitative estimate of drug-likeness (QED) is 0.574. The van der Waals surface area contributed by atoms with E-state index in [2.05, 4.69) is 10.1 Å². The van der Waals surface area contributed by atoms with Crippen LogP contribution >= 0.6 is 0 Å². The van der Waals surface area contributed by atoms with Gasteiger partial charge in [0.1, 0.15) is 0 Å². The van der Waals surface area contributed by atoms with Crippen LogP contribution in [0.25, 0.3) is 0 Å². The van der Waals surface area contributed by atoms with Crippen molar-refractivity contribution in [3.63, 3.8) is 0 Å². The Morgan fingerprint density at radius 3 is 2.10 bits per heavy atom. The normalized spacial score (nSPS) is 13.1. The van der Waals surface area contributed by atoms with Gasteiger partial charge >= 0.3 is 18.3 Å². The number of benzene rings is 2. The molecule has 2 aromatic rings. The van der Waals surface area contributed by atoms with Gasteiger partial charge in [-0.3, -0.25) is 4.79 Å². The largest absolute Gasteiger partial charge is 0.454 e. The summed E-state index contributed by atoms with van der Waals surface area (Å²) >= 11 is 0. The SMILES string of the molecule is O=C(COC(=O)c1cc(C(F)(F)F)cc(C(F)(F)F)c1)Nc1ccc2c(c1)OCO2. The van der Waals surface area contributed by atoms with Crippen molar-refractivity contribution in [2.24, 2.45) is 0 Å². The minimum absolute atomic E-state index is 0.00124. The molecule has 0 aliphatic carbocycles. The van der Waals surface area contributed by atoms with E-state index in [1.165, 1.54) is 18.2 Å². The molecule has 3 rings (SSSR count). The third-order valence-electron chi connectivity index (χ3n) is 3.81. The number of anilines is 1. The van der Waals surface area contributed by atoms with Crippen molar-refractivity contribution in [1.29, 1.82) is 0 Å². The molecule has 1 amide bonds. The molecule has 0 fully saturated rings. The average Bonchev–Trinajstić information content (AvgIpc) is 3.12. The second kappa shape index (κ2) is 7.76. The molecule has 0 radical (unpaired) electrons. The zero-order valence-electron chi connectivity index (χ0n) is 14.7. The van der Waals surface area contributed by atoms with Crippen LogP contribution in [0.4, 0.5) is 32.0 Å². The molecule has 0 saturated carbocycles. The molecule has 0 bridgehead atoms. The number of alkyl halides is 6. The number of rotatable bonds is 4. The molecular weight excluding hydrogens is 424 g/mol.